The molecule has 0 amide bonds. The highest BCUT2D eigenvalue weighted by Gasteiger charge is 2.59. The van der Waals surface area contributed by atoms with Gasteiger partial charge >= 0.3 is 21.6 Å². The fraction of sp³-hybridized carbons (Fsp3) is 0.625. The van der Waals surface area contributed by atoms with E-state index < -0.39 is 33.4 Å². The lowest BCUT2D eigenvalue weighted by Gasteiger charge is -2.10. The summed E-state index contributed by atoms with van der Waals surface area (Å²) in [6.07, 6.45) is 1.06. The average Bonchev–Trinajstić information content (AvgIpc) is 2.62. The van der Waals surface area contributed by atoms with Gasteiger partial charge in [0.1, 0.15) is 5.76 Å². The summed E-state index contributed by atoms with van der Waals surface area (Å²) in [6, 6.07) is 0. The molecule has 2 aliphatic rings. The highest BCUT2D eigenvalue weighted by atomic mass is 32.2. The van der Waals surface area contributed by atoms with Crippen molar-refractivity contribution in [1.29, 1.82) is 0 Å². The lowest BCUT2D eigenvalue weighted by molar-refractivity contribution is -0.139. The molecule has 0 aromatic rings. The van der Waals surface area contributed by atoms with Gasteiger partial charge in [0.2, 0.25) is 0 Å². The Labute approximate surface area is 94.0 Å². The second-order valence-corrected chi connectivity index (χ2v) is 5.46. The highest BCUT2D eigenvalue weighted by molar-refractivity contribution is 7.87. The van der Waals surface area contributed by atoms with Crippen LogP contribution in [-0.2, 0) is 19.1 Å². The lowest BCUT2D eigenvalue weighted by Crippen LogP contribution is -2.25. The van der Waals surface area contributed by atoms with E-state index in [-0.39, 0.29) is 18.1 Å². The molecule has 0 saturated heterocycles. The molecule has 0 aliphatic heterocycles. The summed E-state index contributed by atoms with van der Waals surface area (Å²) in [5.41, 5.74) is -5.47. The van der Waals surface area contributed by atoms with Crippen molar-refractivity contribution < 1.29 is 35.7 Å². The third-order valence-electron chi connectivity index (χ3n) is 2.83. The van der Waals surface area contributed by atoms with Gasteiger partial charge in [-0.05, 0) is 17.9 Å². The summed E-state index contributed by atoms with van der Waals surface area (Å²) >= 11 is 0. The molecule has 0 spiro atoms. The topological polar surface area (TPSA) is 80.7 Å². The molecule has 9 heteroatoms. The number of hydrogen-bond donors (Lipinski definition) is 1. The van der Waals surface area contributed by atoms with Gasteiger partial charge in [-0.25, -0.2) is 0 Å². The molecule has 2 rings (SSSR count). The summed E-state index contributed by atoms with van der Waals surface area (Å²) in [7, 11) is -5.64. The minimum Gasteiger partial charge on any atom is -0.481 e. The summed E-state index contributed by atoms with van der Waals surface area (Å²) in [4.78, 5) is 10.6. The Balaban J connectivity index is 2.04. The molecular weight excluding hydrogens is 265 g/mol. The Morgan fingerprint density at radius 3 is 2.41 bits per heavy atom. The Morgan fingerprint density at radius 2 is 2.06 bits per heavy atom. The molecule has 1 saturated carbocycles. The predicted molar refractivity (Wildman–Crippen MR) is 46.9 cm³/mol. The molecule has 0 bridgehead atoms. The zero-order valence-electron chi connectivity index (χ0n) is 8.14. The molecule has 5 nitrogen and oxygen atoms in total. The SMILES string of the molecule is O=C(O)[C@H]1[C@@H]2C=C(OS(=O)(=O)C(F)(F)F)C[C@@H]21. The highest BCUT2D eigenvalue weighted by Crippen LogP contribution is 2.56. The van der Waals surface area contributed by atoms with Gasteiger partial charge in [0.25, 0.3) is 0 Å². The number of carboxylic acid groups (broad SMARTS) is 1. The van der Waals surface area contributed by atoms with Gasteiger partial charge in [0.05, 0.1) is 5.92 Å². The first-order chi connectivity index (χ1) is 7.63. The van der Waals surface area contributed by atoms with Crippen molar-refractivity contribution in [3.63, 3.8) is 0 Å². The maximum absolute atomic E-state index is 12.0. The van der Waals surface area contributed by atoms with Crippen molar-refractivity contribution in [2.45, 2.75) is 11.9 Å². The molecule has 0 unspecified atom stereocenters. The van der Waals surface area contributed by atoms with E-state index >= 15 is 0 Å². The largest absolute Gasteiger partial charge is 0.534 e. The van der Waals surface area contributed by atoms with Crippen LogP contribution >= 0.6 is 0 Å². The zero-order chi connectivity index (χ0) is 13.0. The van der Waals surface area contributed by atoms with Gasteiger partial charge in [0.15, 0.2) is 0 Å². The van der Waals surface area contributed by atoms with Crippen LogP contribution in [0, 0.1) is 17.8 Å². The number of carbonyl (C=O) groups is 1. The van der Waals surface area contributed by atoms with E-state index in [1.807, 2.05) is 0 Å². The maximum atomic E-state index is 12.0. The van der Waals surface area contributed by atoms with E-state index in [1.165, 1.54) is 0 Å². The van der Waals surface area contributed by atoms with Gasteiger partial charge in [-0.3, -0.25) is 4.79 Å². The molecule has 1 N–H and O–H groups in total. The minimum absolute atomic E-state index is 0.0864. The second-order valence-electron chi connectivity index (χ2n) is 3.93. The molecule has 3 atom stereocenters. The van der Waals surface area contributed by atoms with Gasteiger partial charge in [-0.2, -0.15) is 21.6 Å². The molecule has 17 heavy (non-hydrogen) atoms. The monoisotopic (exact) mass is 272 g/mol. The van der Waals surface area contributed by atoms with Crippen LogP contribution in [-0.4, -0.2) is 25.0 Å². The normalized spacial score (nSPS) is 31.7. The van der Waals surface area contributed by atoms with E-state index in [4.69, 9.17) is 5.11 Å². The smallest absolute Gasteiger partial charge is 0.481 e. The van der Waals surface area contributed by atoms with E-state index in [9.17, 15) is 26.4 Å². The van der Waals surface area contributed by atoms with E-state index in [1.54, 1.807) is 0 Å². The van der Waals surface area contributed by atoms with Gasteiger partial charge in [0, 0.05) is 6.42 Å². The standard InChI is InChI=1S/C8H7F3O5S/c9-8(10,11)17(14,15)16-3-1-4-5(2-3)6(4)7(12)13/h1,4-6H,2H2,(H,12,13)/t4-,5+,6+/m1/s1. The van der Waals surface area contributed by atoms with E-state index in [2.05, 4.69) is 4.18 Å². The van der Waals surface area contributed by atoms with Crippen LogP contribution in [0.4, 0.5) is 13.2 Å². The Morgan fingerprint density at radius 1 is 1.47 bits per heavy atom. The molecule has 0 radical (unpaired) electrons. The third kappa shape index (κ3) is 1.99. The first-order valence-electron chi connectivity index (χ1n) is 4.58. The number of allylic oxidation sites excluding steroid dienone is 2. The summed E-state index contributed by atoms with van der Waals surface area (Å²) in [5.74, 6) is -2.74. The Bertz CT molecular complexity index is 492. The van der Waals surface area contributed by atoms with Crippen LogP contribution in [0.2, 0.25) is 0 Å². The summed E-state index contributed by atoms with van der Waals surface area (Å²) in [6.45, 7) is 0. The lowest BCUT2D eigenvalue weighted by atomic mass is 10.2. The predicted octanol–water partition coefficient (Wildman–Crippen LogP) is 1.09. The molecule has 1 fully saturated rings. The van der Waals surface area contributed by atoms with Crippen LogP contribution in [0.15, 0.2) is 11.8 Å². The fourth-order valence-corrected chi connectivity index (χ4v) is 2.50. The first-order valence-corrected chi connectivity index (χ1v) is 5.98. The zero-order valence-corrected chi connectivity index (χ0v) is 8.96. The van der Waals surface area contributed by atoms with Gasteiger partial charge < -0.3 is 9.29 Å². The fourth-order valence-electron chi connectivity index (χ4n) is 2.00. The molecular formula is C8H7F3O5S. The third-order valence-corrected chi connectivity index (χ3v) is 3.83. The maximum Gasteiger partial charge on any atom is 0.534 e. The van der Waals surface area contributed by atoms with Crippen LogP contribution < -0.4 is 0 Å². The van der Waals surface area contributed by atoms with Crippen molar-refractivity contribution in [2.24, 2.45) is 17.8 Å². The number of rotatable bonds is 3. The first kappa shape index (κ1) is 12.2. The van der Waals surface area contributed by atoms with Crippen LogP contribution in [0.25, 0.3) is 0 Å². The van der Waals surface area contributed by atoms with Crippen molar-refractivity contribution in [1.82, 2.24) is 0 Å². The number of hydrogen-bond acceptors (Lipinski definition) is 4. The summed E-state index contributed by atoms with van der Waals surface area (Å²) < 4.78 is 61.1. The molecule has 0 aromatic heterocycles. The summed E-state index contributed by atoms with van der Waals surface area (Å²) in [5, 5.41) is 8.64. The van der Waals surface area contributed by atoms with Crippen LogP contribution in [0.1, 0.15) is 6.42 Å². The average molecular weight is 272 g/mol. The number of carboxylic acids is 1. The van der Waals surface area contributed by atoms with Crippen LogP contribution in [0.3, 0.4) is 0 Å². The van der Waals surface area contributed by atoms with Crippen LogP contribution in [0.5, 0.6) is 0 Å². The number of aliphatic carboxylic acids is 1. The number of alkyl halides is 3. The molecule has 2 aliphatic carbocycles. The molecule has 0 aromatic carbocycles. The second kappa shape index (κ2) is 3.37. The quantitative estimate of drug-likeness (QED) is 0.614. The van der Waals surface area contributed by atoms with Crippen molar-refractivity contribution in [3.05, 3.63) is 11.8 Å². The van der Waals surface area contributed by atoms with E-state index in [0.29, 0.717) is 0 Å². The molecule has 96 valence electrons. The van der Waals surface area contributed by atoms with Gasteiger partial charge in [-0.1, -0.05) is 0 Å². The minimum atomic E-state index is -5.64. The van der Waals surface area contributed by atoms with Gasteiger partial charge in [-0.15, -0.1) is 0 Å². The number of fused-ring (bicyclic) bond motifs is 1. The number of halogens is 3. The van der Waals surface area contributed by atoms with Crippen molar-refractivity contribution in [2.75, 3.05) is 0 Å². The van der Waals surface area contributed by atoms with Crippen molar-refractivity contribution >= 4 is 16.1 Å². The van der Waals surface area contributed by atoms with E-state index in [0.717, 1.165) is 6.08 Å². The Kier molecular flexibility index (Phi) is 2.42. The van der Waals surface area contributed by atoms with Crippen molar-refractivity contribution in [3.8, 4) is 0 Å². The molecule has 0 heterocycles. The Hall–Kier alpha value is -1.25.